The number of ether oxygens (including phenoxy) is 2. The Labute approximate surface area is 191 Å². The highest BCUT2D eigenvalue weighted by atomic mass is 16.5. The van der Waals surface area contributed by atoms with E-state index in [1.165, 1.54) is 0 Å². The molecule has 2 N–H and O–H groups in total. The van der Waals surface area contributed by atoms with Crippen LogP contribution in [0, 0.1) is 6.92 Å². The van der Waals surface area contributed by atoms with Gasteiger partial charge in [0.2, 0.25) is 5.95 Å². The van der Waals surface area contributed by atoms with Crippen LogP contribution in [0.15, 0.2) is 79.3 Å². The van der Waals surface area contributed by atoms with Crippen molar-refractivity contribution in [2.75, 3.05) is 24.4 Å². The topological polar surface area (TPSA) is 98.3 Å². The summed E-state index contributed by atoms with van der Waals surface area (Å²) in [6, 6.07) is 18.3. The van der Waals surface area contributed by atoms with E-state index < -0.39 is 0 Å². The van der Waals surface area contributed by atoms with E-state index in [1.54, 1.807) is 50.0 Å². The fourth-order valence-electron chi connectivity index (χ4n) is 3.07. The Morgan fingerprint density at radius 2 is 1.82 bits per heavy atom. The molecule has 1 amide bonds. The monoisotopic (exact) mass is 441 g/mol. The van der Waals surface area contributed by atoms with Crippen LogP contribution in [0.2, 0.25) is 0 Å². The highest BCUT2D eigenvalue weighted by Gasteiger charge is 2.08. The maximum absolute atomic E-state index is 12.4. The average molecular weight is 441 g/mol. The van der Waals surface area contributed by atoms with Crippen molar-refractivity contribution in [3.8, 4) is 22.8 Å². The third-order valence-electron chi connectivity index (χ3n) is 4.81. The van der Waals surface area contributed by atoms with Crippen molar-refractivity contribution in [3.05, 3.63) is 84.8 Å². The van der Waals surface area contributed by atoms with Crippen molar-refractivity contribution in [1.29, 1.82) is 0 Å². The lowest BCUT2D eigenvalue weighted by Gasteiger charge is -2.12. The van der Waals surface area contributed by atoms with E-state index in [-0.39, 0.29) is 12.5 Å². The van der Waals surface area contributed by atoms with Crippen molar-refractivity contribution < 1.29 is 14.3 Å². The summed E-state index contributed by atoms with van der Waals surface area (Å²) in [5.41, 5.74) is 4.07. The van der Waals surface area contributed by atoms with Gasteiger partial charge in [0, 0.05) is 35.5 Å². The summed E-state index contributed by atoms with van der Waals surface area (Å²) < 4.78 is 10.6. The highest BCUT2D eigenvalue weighted by molar-refractivity contribution is 5.92. The van der Waals surface area contributed by atoms with Crippen molar-refractivity contribution in [1.82, 2.24) is 15.0 Å². The van der Waals surface area contributed by atoms with E-state index >= 15 is 0 Å². The summed E-state index contributed by atoms with van der Waals surface area (Å²) in [4.78, 5) is 25.4. The van der Waals surface area contributed by atoms with Crippen molar-refractivity contribution >= 4 is 23.2 Å². The molecule has 166 valence electrons. The lowest BCUT2D eigenvalue weighted by molar-refractivity contribution is -0.118. The molecule has 2 aromatic carbocycles. The molecule has 0 fully saturated rings. The van der Waals surface area contributed by atoms with Gasteiger partial charge in [-0.3, -0.25) is 9.78 Å². The fourth-order valence-corrected chi connectivity index (χ4v) is 3.07. The minimum atomic E-state index is -0.268. The molecule has 0 aliphatic rings. The van der Waals surface area contributed by atoms with E-state index in [2.05, 4.69) is 25.6 Å². The number of methoxy groups -OCH3 is 1. The Morgan fingerprint density at radius 1 is 1.00 bits per heavy atom. The number of amides is 1. The SMILES string of the molecule is COc1ccc(OCC(=O)Nc2ccc(C)c(Nc3nccc(-c4cccnc4)n3)c2)cc1. The van der Waals surface area contributed by atoms with Crippen LogP contribution >= 0.6 is 0 Å². The molecule has 0 bridgehead atoms. The number of hydrogen-bond donors (Lipinski definition) is 2. The Balaban J connectivity index is 1.41. The molecule has 2 aromatic heterocycles. The lowest BCUT2D eigenvalue weighted by atomic mass is 10.1. The predicted molar refractivity (Wildman–Crippen MR) is 127 cm³/mol. The van der Waals surface area contributed by atoms with Crippen LogP contribution in [0.25, 0.3) is 11.3 Å². The third kappa shape index (κ3) is 5.82. The van der Waals surface area contributed by atoms with Crippen LogP contribution in [0.3, 0.4) is 0 Å². The van der Waals surface area contributed by atoms with Gasteiger partial charge in [-0.15, -0.1) is 0 Å². The quantitative estimate of drug-likeness (QED) is 0.412. The maximum Gasteiger partial charge on any atom is 0.262 e. The van der Waals surface area contributed by atoms with Gasteiger partial charge in [-0.2, -0.15) is 0 Å². The van der Waals surface area contributed by atoms with Crippen molar-refractivity contribution in [3.63, 3.8) is 0 Å². The molecule has 8 nitrogen and oxygen atoms in total. The van der Waals surface area contributed by atoms with Gasteiger partial charge in [-0.05, 0) is 67.1 Å². The fraction of sp³-hybridized carbons (Fsp3) is 0.120. The van der Waals surface area contributed by atoms with E-state index in [9.17, 15) is 4.79 Å². The summed E-state index contributed by atoms with van der Waals surface area (Å²) in [5, 5.41) is 6.08. The number of carbonyl (C=O) groups is 1. The zero-order valence-electron chi connectivity index (χ0n) is 18.3. The Bertz CT molecular complexity index is 1230. The van der Waals surface area contributed by atoms with Crippen LogP contribution in [-0.2, 0) is 4.79 Å². The lowest BCUT2D eigenvalue weighted by Crippen LogP contribution is -2.20. The molecule has 0 saturated heterocycles. The van der Waals surface area contributed by atoms with Crippen LogP contribution in [0.1, 0.15) is 5.56 Å². The second-order valence-electron chi connectivity index (χ2n) is 7.17. The van der Waals surface area contributed by atoms with Crippen molar-refractivity contribution in [2.24, 2.45) is 0 Å². The van der Waals surface area contributed by atoms with Gasteiger partial charge in [-0.25, -0.2) is 9.97 Å². The molecule has 0 aliphatic carbocycles. The van der Waals surface area contributed by atoms with Gasteiger partial charge in [-0.1, -0.05) is 6.07 Å². The summed E-state index contributed by atoms with van der Waals surface area (Å²) in [6.07, 6.45) is 5.16. The van der Waals surface area contributed by atoms with Gasteiger partial charge < -0.3 is 20.1 Å². The molecule has 0 aliphatic heterocycles. The molecule has 4 aromatic rings. The number of anilines is 3. The number of aromatic nitrogens is 3. The van der Waals surface area contributed by atoms with E-state index in [0.29, 0.717) is 17.4 Å². The Kier molecular flexibility index (Phi) is 6.75. The van der Waals surface area contributed by atoms with Gasteiger partial charge in [0.25, 0.3) is 5.91 Å². The predicted octanol–water partition coefficient (Wildman–Crippen LogP) is 4.62. The first-order valence-corrected chi connectivity index (χ1v) is 10.3. The summed E-state index contributed by atoms with van der Waals surface area (Å²) in [6.45, 7) is 1.85. The molecule has 0 unspecified atom stereocenters. The number of hydrogen-bond acceptors (Lipinski definition) is 7. The van der Waals surface area contributed by atoms with Gasteiger partial charge in [0.05, 0.1) is 12.8 Å². The number of nitrogens with one attached hydrogen (secondary N) is 2. The van der Waals surface area contributed by atoms with Gasteiger partial charge >= 0.3 is 0 Å². The molecule has 2 heterocycles. The maximum atomic E-state index is 12.4. The molecule has 33 heavy (non-hydrogen) atoms. The van der Waals surface area contributed by atoms with E-state index in [0.717, 1.165) is 28.3 Å². The molecule has 0 atom stereocenters. The molecule has 4 rings (SSSR count). The zero-order chi connectivity index (χ0) is 23.0. The second-order valence-corrected chi connectivity index (χ2v) is 7.17. The first kappa shape index (κ1) is 21.8. The highest BCUT2D eigenvalue weighted by Crippen LogP contribution is 2.24. The largest absolute Gasteiger partial charge is 0.497 e. The number of aryl methyl sites for hydroxylation is 1. The third-order valence-corrected chi connectivity index (χ3v) is 4.81. The number of nitrogens with zero attached hydrogens (tertiary/aromatic N) is 3. The number of carbonyl (C=O) groups excluding carboxylic acids is 1. The minimum Gasteiger partial charge on any atom is -0.497 e. The minimum absolute atomic E-state index is 0.112. The normalized spacial score (nSPS) is 10.4. The zero-order valence-corrected chi connectivity index (χ0v) is 18.3. The van der Waals surface area contributed by atoms with Crippen molar-refractivity contribution in [2.45, 2.75) is 6.92 Å². The molecule has 0 saturated carbocycles. The summed E-state index contributed by atoms with van der Waals surface area (Å²) in [5.74, 6) is 1.49. The first-order valence-electron chi connectivity index (χ1n) is 10.3. The number of rotatable bonds is 8. The standard InChI is InChI=1S/C25H23N5O3/c1-17-5-6-19(28-24(31)16-33-21-9-7-20(32-2)8-10-21)14-23(17)30-25-27-13-11-22(29-25)18-4-3-12-26-15-18/h3-15H,16H2,1-2H3,(H,28,31)(H,27,29,30). The first-order chi connectivity index (χ1) is 16.1. The number of pyridine rings is 1. The Morgan fingerprint density at radius 3 is 2.58 bits per heavy atom. The van der Waals surface area contributed by atoms with Crippen LogP contribution in [-0.4, -0.2) is 34.6 Å². The molecule has 8 heteroatoms. The molecular weight excluding hydrogens is 418 g/mol. The van der Waals surface area contributed by atoms with E-state index in [4.69, 9.17) is 9.47 Å². The van der Waals surface area contributed by atoms with Gasteiger partial charge in [0.15, 0.2) is 6.61 Å². The molecular formula is C25H23N5O3. The van der Waals surface area contributed by atoms with Gasteiger partial charge in [0.1, 0.15) is 11.5 Å². The van der Waals surface area contributed by atoms with E-state index in [1.807, 2.05) is 43.3 Å². The summed E-state index contributed by atoms with van der Waals surface area (Å²) in [7, 11) is 1.59. The Hall–Kier alpha value is -4.46. The number of benzene rings is 2. The average Bonchev–Trinajstić information content (AvgIpc) is 2.86. The molecule has 0 spiro atoms. The van der Waals surface area contributed by atoms with Crippen LogP contribution in [0.5, 0.6) is 11.5 Å². The molecule has 0 radical (unpaired) electrons. The smallest absolute Gasteiger partial charge is 0.262 e. The van der Waals surface area contributed by atoms with Crippen LogP contribution < -0.4 is 20.1 Å². The second kappa shape index (κ2) is 10.2. The summed E-state index contributed by atoms with van der Waals surface area (Å²) >= 11 is 0. The van der Waals surface area contributed by atoms with Crippen LogP contribution in [0.4, 0.5) is 17.3 Å².